The third-order valence-corrected chi connectivity index (χ3v) is 2.54. The Balaban J connectivity index is 2.29. The molecule has 0 aliphatic rings. The third kappa shape index (κ3) is 3.44. The quantitative estimate of drug-likeness (QED) is 0.689. The highest BCUT2D eigenvalue weighted by Crippen LogP contribution is 2.14. The molecule has 0 atom stereocenters. The molecule has 1 N–H and O–H groups in total. The number of hydrogen-bond donors (Lipinski definition) is 1. The number of nitrogens with zero attached hydrogens (tertiary/aromatic N) is 1. The molecule has 1 rings (SSSR count). The first-order chi connectivity index (χ1) is 6.74. The summed E-state index contributed by atoms with van der Waals surface area (Å²) in [4.78, 5) is 5.45. The molecule has 0 amide bonds. The second-order valence-corrected chi connectivity index (χ2v) is 4.09. The minimum atomic E-state index is 1.19. The lowest BCUT2D eigenvalue weighted by molar-refractivity contribution is 0.662. The lowest BCUT2D eigenvalue weighted by Gasteiger charge is -2.07. The van der Waals surface area contributed by atoms with Crippen LogP contribution in [0.5, 0.6) is 0 Å². The van der Waals surface area contributed by atoms with Crippen molar-refractivity contribution in [2.75, 3.05) is 19.0 Å². The van der Waals surface area contributed by atoms with E-state index in [4.69, 9.17) is 0 Å². The first-order valence-corrected chi connectivity index (χ1v) is 5.58. The van der Waals surface area contributed by atoms with Gasteiger partial charge in [-0.15, -0.1) is 0 Å². The maximum atomic E-state index is 3.32. The molecule has 0 saturated heterocycles. The van der Waals surface area contributed by atoms with Crippen molar-refractivity contribution >= 4 is 5.69 Å². The van der Waals surface area contributed by atoms with Crippen molar-refractivity contribution in [1.82, 2.24) is 4.98 Å². The number of aryl methyl sites for hydroxylation is 1. The lowest BCUT2D eigenvalue weighted by Crippen LogP contribution is -2.06. The van der Waals surface area contributed by atoms with Crippen LogP contribution in [0.2, 0.25) is 0 Å². The van der Waals surface area contributed by atoms with Gasteiger partial charge >= 0.3 is 0 Å². The Labute approximate surface area is 87.3 Å². The van der Waals surface area contributed by atoms with Gasteiger partial charge in [-0.2, -0.15) is 0 Å². The van der Waals surface area contributed by atoms with Crippen molar-refractivity contribution in [2.24, 2.45) is 0 Å². The first kappa shape index (κ1) is 11.2. The van der Waals surface area contributed by atoms with E-state index in [2.05, 4.69) is 43.2 Å². The summed E-state index contributed by atoms with van der Waals surface area (Å²) in [5.41, 5.74) is 2.64. The molecule has 2 nitrogen and oxygen atoms in total. The van der Waals surface area contributed by atoms with E-state index in [1.54, 1.807) is 0 Å². The third-order valence-electron chi connectivity index (χ3n) is 2.54. The summed E-state index contributed by atoms with van der Waals surface area (Å²) >= 11 is 0. The summed E-state index contributed by atoms with van der Waals surface area (Å²) < 4.78 is 0. The summed E-state index contributed by atoms with van der Waals surface area (Å²) in [6, 6.07) is 2.24. The molecule has 0 spiro atoms. The van der Waals surface area contributed by atoms with Gasteiger partial charge in [-0.25, -0.2) is 0 Å². The molecule has 0 bridgehead atoms. The van der Waals surface area contributed by atoms with Crippen molar-refractivity contribution in [1.29, 1.82) is 0 Å². The van der Waals surface area contributed by atoms with Gasteiger partial charge in [0.05, 0.1) is 5.69 Å². The second-order valence-electron chi connectivity index (χ2n) is 4.09. The van der Waals surface area contributed by atoms with E-state index < -0.39 is 0 Å². The van der Waals surface area contributed by atoms with Crippen LogP contribution in [-0.4, -0.2) is 19.1 Å². The highest BCUT2D eigenvalue weighted by Gasteiger charge is 1.99. The van der Waals surface area contributed by atoms with Gasteiger partial charge in [-0.05, 0) is 18.9 Å². The maximum Gasteiger partial charge on any atom is 0.0541 e. The van der Waals surface area contributed by atoms with E-state index in [0.717, 1.165) is 0 Å². The fraction of sp³-hybridized carbons (Fsp3) is 0.667. The van der Waals surface area contributed by atoms with Gasteiger partial charge in [0.25, 0.3) is 0 Å². The molecule has 14 heavy (non-hydrogen) atoms. The van der Waals surface area contributed by atoms with Gasteiger partial charge < -0.3 is 9.88 Å². The molecule has 0 unspecified atom stereocenters. The predicted molar refractivity (Wildman–Crippen MR) is 63.0 cm³/mol. The standard InChI is InChI=1S/C12H22N2/c1-4-5-6-7-8-11-9-12(10-13-11)14(2)3/h9-10,13H,4-8H2,1-3H3. The van der Waals surface area contributed by atoms with Crippen molar-refractivity contribution < 1.29 is 0 Å². The van der Waals surface area contributed by atoms with Gasteiger partial charge in [0.15, 0.2) is 0 Å². The monoisotopic (exact) mass is 194 g/mol. The molecule has 80 valence electrons. The number of rotatable bonds is 6. The molecule has 0 radical (unpaired) electrons. The van der Waals surface area contributed by atoms with E-state index in [9.17, 15) is 0 Å². The maximum absolute atomic E-state index is 3.32. The van der Waals surface area contributed by atoms with Crippen LogP contribution in [0.15, 0.2) is 12.3 Å². The summed E-state index contributed by atoms with van der Waals surface area (Å²) in [6.45, 7) is 2.25. The van der Waals surface area contributed by atoms with Gasteiger partial charge in [-0.3, -0.25) is 0 Å². The van der Waals surface area contributed by atoms with E-state index in [-0.39, 0.29) is 0 Å². The second kappa shape index (κ2) is 5.74. The van der Waals surface area contributed by atoms with Crippen molar-refractivity contribution in [3.63, 3.8) is 0 Å². The van der Waals surface area contributed by atoms with E-state index in [1.165, 1.54) is 43.5 Å². The molecule has 0 aromatic carbocycles. The highest BCUT2D eigenvalue weighted by molar-refractivity contribution is 5.44. The molecule has 0 aliphatic carbocycles. The fourth-order valence-corrected chi connectivity index (χ4v) is 1.57. The number of aromatic nitrogens is 1. The molecular weight excluding hydrogens is 172 g/mol. The summed E-state index contributed by atoms with van der Waals surface area (Å²) in [5.74, 6) is 0. The van der Waals surface area contributed by atoms with Crippen molar-refractivity contribution in [2.45, 2.75) is 39.0 Å². The van der Waals surface area contributed by atoms with Crippen LogP contribution < -0.4 is 4.90 Å². The Hall–Kier alpha value is -0.920. The molecular formula is C12H22N2. The number of nitrogens with one attached hydrogen (secondary N) is 1. The predicted octanol–water partition coefficient (Wildman–Crippen LogP) is 3.20. The van der Waals surface area contributed by atoms with Gasteiger partial charge in [-0.1, -0.05) is 26.2 Å². The molecule has 1 heterocycles. The van der Waals surface area contributed by atoms with Gasteiger partial charge in [0, 0.05) is 26.0 Å². The molecule has 1 aromatic heterocycles. The van der Waals surface area contributed by atoms with Crippen LogP contribution in [-0.2, 0) is 6.42 Å². The summed E-state index contributed by atoms with van der Waals surface area (Å²) in [6.07, 6.45) is 8.60. The van der Waals surface area contributed by atoms with Crippen LogP contribution in [0.3, 0.4) is 0 Å². The minimum absolute atomic E-state index is 1.19. The zero-order valence-electron chi connectivity index (χ0n) is 9.64. The van der Waals surface area contributed by atoms with Crippen LogP contribution in [0, 0.1) is 0 Å². The largest absolute Gasteiger partial charge is 0.376 e. The van der Waals surface area contributed by atoms with Crippen LogP contribution in [0.1, 0.15) is 38.3 Å². The number of aromatic amines is 1. The Bertz CT molecular complexity index is 251. The van der Waals surface area contributed by atoms with E-state index in [1.807, 2.05) is 0 Å². The molecule has 0 fully saturated rings. The topological polar surface area (TPSA) is 19.0 Å². The smallest absolute Gasteiger partial charge is 0.0541 e. The zero-order chi connectivity index (χ0) is 10.4. The number of hydrogen-bond acceptors (Lipinski definition) is 1. The minimum Gasteiger partial charge on any atom is -0.376 e. The number of anilines is 1. The van der Waals surface area contributed by atoms with Crippen LogP contribution >= 0.6 is 0 Å². The average Bonchev–Trinajstić information content (AvgIpc) is 2.61. The Morgan fingerprint density at radius 3 is 2.57 bits per heavy atom. The summed E-state index contributed by atoms with van der Waals surface area (Å²) in [5, 5.41) is 0. The normalized spacial score (nSPS) is 10.5. The van der Waals surface area contributed by atoms with E-state index >= 15 is 0 Å². The Morgan fingerprint density at radius 1 is 1.21 bits per heavy atom. The van der Waals surface area contributed by atoms with Gasteiger partial charge in [0.2, 0.25) is 0 Å². The number of unbranched alkanes of at least 4 members (excludes halogenated alkanes) is 3. The van der Waals surface area contributed by atoms with Crippen LogP contribution in [0.25, 0.3) is 0 Å². The molecule has 2 heteroatoms. The average molecular weight is 194 g/mol. The number of H-pyrrole nitrogens is 1. The lowest BCUT2D eigenvalue weighted by atomic mass is 10.1. The fourth-order valence-electron chi connectivity index (χ4n) is 1.57. The van der Waals surface area contributed by atoms with Crippen molar-refractivity contribution in [3.8, 4) is 0 Å². The SMILES string of the molecule is CCCCCCc1cc(N(C)C)c[nH]1. The zero-order valence-corrected chi connectivity index (χ0v) is 9.64. The molecule has 1 aromatic rings. The van der Waals surface area contributed by atoms with Crippen LogP contribution in [0.4, 0.5) is 5.69 Å². The van der Waals surface area contributed by atoms with Crippen molar-refractivity contribution in [3.05, 3.63) is 18.0 Å². The molecule has 0 aliphatic heterocycles. The first-order valence-electron chi connectivity index (χ1n) is 5.58. The molecule has 0 saturated carbocycles. The summed E-state index contributed by atoms with van der Waals surface area (Å²) in [7, 11) is 4.15. The Morgan fingerprint density at radius 2 is 2.00 bits per heavy atom. The van der Waals surface area contributed by atoms with Gasteiger partial charge in [0.1, 0.15) is 0 Å². The Kier molecular flexibility index (Phi) is 4.57. The van der Waals surface area contributed by atoms with E-state index in [0.29, 0.717) is 0 Å². The highest BCUT2D eigenvalue weighted by atomic mass is 15.1.